The number of benzene rings is 1. The van der Waals surface area contributed by atoms with Gasteiger partial charge in [0.15, 0.2) is 5.78 Å². The van der Waals surface area contributed by atoms with Crippen molar-refractivity contribution in [1.82, 2.24) is 5.32 Å². The van der Waals surface area contributed by atoms with Crippen molar-refractivity contribution in [2.24, 2.45) is 5.92 Å². The Morgan fingerprint density at radius 3 is 2.46 bits per heavy atom. The molecule has 2 amide bonds. The van der Waals surface area contributed by atoms with Crippen LogP contribution in [0.15, 0.2) is 23.6 Å². The Bertz CT molecular complexity index is 873. The second kappa shape index (κ2) is 8.77. The second-order valence-corrected chi connectivity index (χ2v) is 8.00. The molecule has 2 N–H and O–H groups in total. The summed E-state index contributed by atoms with van der Waals surface area (Å²) in [6.07, 6.45) is -3.77. The van der Waals surface area contributed by atoms with Crippen LogP contribution < -0.4 is 10.6 Å². The molecule has 1 aromatic heterocycles. The number of Topliss-reactive ketones (excluding diaryl/α,β-unsaturated/α-hetero) is 1. The van der Waals surface area contributed by atoms with E-state index < -0.39 is 17.8 Å². The molecule has 0 bridgehead atoms. The molecule has 8 heteroatoms. The molecule has 0 aliphatic rings. The maximum Gasteiger partial charge on any atom is 0.416 e. The first kappa shape index (κ1) is 21.9. The minimum Gasteiger partial charge on any atom is -0.333 e. The van der Waals surface area contributed by atoms with Crippen LogP contribution in [0.1, 0.15) is 52.7 Å². The van der Waals surface area contributed by atoms with Gasteiger partial charge in [0.1, 0.15) is 0 Å². The Morgan fingerprint density at radius 1 is 1.21 bits per heavy atom. The topological polar surface area (TPSA) is 58.2 Å². The number of ketones is 1. The maximum absolute atomic E-state index is 13.0. The van der Waals surface area contributed by atoms with E-state index in [-0.39, 0.29) is 23.6 Å². The van der Waals surface area contributed by atoms with E-state index in [1.165, 1.54) is 37.3 Å². The number of hydrogen-bond acceptors (Lipinski definition) is 3. The molecule has 4 nitrogen and oxygen atoms in total. The first-order chi connectivity index (χ1) is 13.0. The molecule has 1 heterocycles. The summed E-state index contributed by atoms with van der Waals surface area (Å²) in [5, 5.41) is 6.87. The van der Waals surface area contributed by atoms with Crippen molar-refractivity contribution in [1.29, 1.82) is 0 Å². The van der Waals surface area contributed by atoms with Crippen LogP contribution in [0, 0.1) is 12.8 Å². The first-order valence-corrected chi connectivity index (χ1v) is 9.69. The Labute approximate surface area is 166 Å². The third-order valence-corrected chi connectivity index (χ3v) is 5.21. The van der Waals surface area contributed by atoms with Crippen LogP contribution in [-0.4, -0.2) is 11.8 Å². The van der Waals surface area contributed by atoms with Gasteiger partial charge in [0, 0.05) is 21.5 Å². The van der Waals surface area contributed by atoms with Crippen molar-refractivity contribution in [2.45, 2.75) is 46.8 Å². The summed E-state index contributed by atoms with van der Waals surface area (Å²) in [5.41, 5.74) is 0.946. The molecule has 0 saturated carbocycles. The van der Waals surface area contributed by atoms with Crippen molar-refractivity contribution >= 4 is 28.8 Å². The molecule has 2 rings (SSSR count). The molecule has 152 valence electrons. The first-order valence-electron chi connectivity index (χ1n) is 8.82. The highest BCUT2D eigenvalue weighted by Gasteiger charge is 2.32. The Hall–Kier alpha value is -2.35. The van der Waals surface area contributed by atoms with Gasteiger partial charge < -0.3 is 10.6 Å². The number of thiophene rings is 1. The molecule has 0 spiro atoms. The van der Waals surface area contributed by atoms with E-state index in [2.05, 4.69) is 10.6 Å². The fraction of sp³-hybridized carbons (Fsp3) is 0.400. The third-order valence-electron chi connectivity index (χ3n) is 4.18. The maximum atomic E-state index is 13.0. The average molecular weight is 412 g/mol. The zero-order valence-corrected chi connectivity index (χ0v) is 17.0. The zero-order valence-electron chi connectivity index (χ0n) is 16.2. The molecule has 0 aliphatic carbocycles. The van der Waals surface area contributed by atoms with Gasteiger partial charge in [0.05, 0.1) is 12.1 Å². The van der Waals surface area contributed by atoms with E-state index in [1.54, 1.807) is 5.38 Å². The number of carbonyl (C=O) groups excluding carboxylic acids is 2. The van der Waals surface area contributed by atoms with Crippen molar-refractivity contribution in [3.63, 3.8) is 0 Å². The van der Waals surface area contributed by atoms with Crippen LogP contribution in [0.4, 0.5) is 23.7 Å². The Balaban J connectivity index is 2.08. The average Bonchev–Trinajstić information content (AvgIpc) is 2.96. The number of anilines is 1. The third kappa shape index (κ3) is 5.58. The van der Waals surface area contributed by atoms with Gasteiger partial charge in [-0.15, -0.1) is 11.3 Å². The number of alkyl halides is 3. The van der Waals surface area contributed by atoms with Crippen LogP contribution in [0.3, 0.4) is 0 Å². The molecular formula is C20H23F3N2O2S. The van der Waals surface area contributed by atoms with E-state index >= 15 is 0 Å². The van der Waals surface area contributed by atoms with Crippen molar-refractivity contribution in [3.05, 3.63) is 50.7 Å². The zero-order chi connectivity index (χ0) is 21.1. The van der Waals surface area contributed by atoms with E-state index in [0.29, 0.717) is 17.9 Å². The van der Waals surface area contributed by atoms with E-state index in [9.17, 15) is 22.8 Å². The smallest absolute Gasteiger partial charge is 0.333 e. The number of amides is 2. The predicted molar refractivity (Wildman–Crippen MR) is 105 cm³/mol. The van der Waals surface area contributed by atoms with Gasteiger partial charge in [-0.2, -0.15) is 13.2 Å². The molecular weight excluding hydrogens is 389 g/mol. The quantitative estimate of drug-likeness (QED) is 0.589. The summed E-state index contributed by atoms with van der Waals surface area (Å²) in [7, 11) is 0. The van der Waals surface area contributed by atoms with Gasteiger partial charge >= 0.3 is 12.2 Å². The number of halogens is 3. The Morgan fingerprint density at radius 2 is 1.89 bits per heavy atom. The lowest BCUT2D eigenvalue weighted by Gasteiger charge is -2.13. The minimum absolute atomic E-state index is 0.0260. The SMILES string of the molecule is CC(=O)c1csc(CNC(=O)Nc2ccc(C)c(C(F)(F)F)c2)c1CC(C)C. The highest BCUT2D eigenvalue weighted by Crippen LogP contribution is 2.33. The standard InChI is InChI=1S/C20H23F3N2O2S/c1-11(2)7-15-16(13(4)26)10-28-18(15)9-24-19(27)25-14-6-5-12(3)17(8-14)20(21,22)23/h5-6,8,10-11H,7,9H2,1-4H3,(H2,24,25,27). The van der Waals surface area contributed by atoms with E-state index in [4.69, 9.17) is 0 Å². The number of carbonyl (C=O) groups is 2. The lowest BCUT2D eigenvalue weighted by molar-refractivity contribution is -0.138. The number of nitrogens with one attached hydrogen (secondary N) is 2. The number of urea groups is 1. The monoisotopic (exact) mass is 412 g/mol. The van der Waals surface area contributed by atoms with Gasteiger partial charge in [-0.25, -0.2) is 4.79 Å². The largest absolute Gasteiger partial charge is 0.416 e. The summed E-state index contributed by atoms with van der Waals surface area (Å²) in [5.74, 6) is 0.315. The van der Waals surface area contributed by atoms with Gasteiger partial charge in [-0.3, -0.25) is 4.79 Å². The lowest BCUT2D eigenvalue weighted by atomic mass is 9.98. The van der Waals surface area contributed by atoms with Crippen molar-refractivity contribution < 1.29 is 22.8 Å². The van der Waals surface area contributed by atoms with E-state index in [1.807, 2.05) is 13.8 Å². The van der Waals surface area contributed by atoms with Gasteiger partial charge in [-0.05, 0) is 49.4 Å². The molecule has 0 radical (unpaired) electrons. The van der Waals surface area contributed by atoms with Crippen molar-refractivity contribution in [3.8, 4) is 0 Å². The normalized spacial score (nSPS) is 11.6. The summed E-state index contributed by atoms with van der Waals surface area (Å²) in [4.78, 5) is 24.8. The summed E-state index contributed by atoms with van der Waals surface area (Å²) >= 11 is 1.39. The number of hydrogen-bond donors (Lipinski definition) is 2. The number of aryl methyl sites for hydroxylation is 1. The molecule has 28 heavy (non-hydrogen) atoms. The molecule has 0 unspecified atom stereocenters. The molecule has 0 atom stereocenters. The molecule has 2 aromatic rings. The van der Waals surface area contributed by atoms with Crippen LogP contribution in [-0.2, 0) is 19.1 Å². The Kier molecular flexibility index (Phi) is 6.87. The fourth-order valence-corrected chi connectivity index (χ4v) is 3.90. The summed E-state index contributed by atoms with van der Waals surface area (Å²) in [6.45, 7) is 7.16. The summed E-state index contributed by atoms with van der Waals surface area (Å²) < 4.78 is 39.0. The van der Waals surface area contributed by atoms with Crippen molar-refractivity contribution in [2.75, 3.05) is 5.32 Å². The van der Waals surface area contributed by atoms with Crippen LogP contribution >= 0.6 is 11.3 Å². The van der Waals surface area contributed by atoms with E-state index in [0.717, 1.165) is 16.5 Å². The molecule has 1 aromatic carbocycles. The summed E-state index contributed by atoms with van der Waals surface area (Å²) in [6, 6.07) is 3.05. The van der Waals surface area contributed by atoms with Gasteiger partial charge in [0.25, 0.3) is 0 Å². The highest BCUT2D eigenvalue weighted by atomic mass is 32.1. The fourth-order valence-electron chi connectivity index (χ4n) is 2.84. The van der Waals surface area contributed by atoms with Crippen LogP contribution in [0.5, 0.6) is 0 Å². The second-order valence-electron chi connectivity index (χ2n) is 7.04. The molecule has 0 fully saturated rings. The van der Waals surface area contributed by atoms with Gasteiger partial charge in [0.2, 0.25) is 0 Å². The minimum atomic E-state index is -4.48. The highest BCUT2D eigenvalue weighted by molar-refractivity contribution is 7.10. The van der Waals surface area contributed by atoms with Crippen LogP contribution in [0.2, 0.25) is 0 Å². The van der Waals surface area contributed by atoms with Gasteiger partial charge in [-0.1, -0.05) is 19.9 Å². The van der Waals surface area contributed by atoms with Crippen LogP contribution in [0.25, 0.3) is 0 Å². The number of rotatable bonds is 6. The molecule has 0 saturated heterocycles. The predicted octanol–water partition coefficient (Wildman–Crippen LogP) is 5.80. The lowest BCUT2D eigenvalue weighted by Crippen LogP contribution is -2.28. The molecule has 0 aliphatic heterocycles.